The second-order valence-electron chi connectivity index (χ2n) is 3.45. The van der Waals surface area contributed by atoms with Crippen LogP contribution in [0, 0.1) is 6.92 Å². The number of nitrogen functional groups attached to an aromatic ring is 1. The van der Waals surface area contributed by atoms with Gasteiger partial charge in [0.05, 0.1) is 16.7 Å². The van der Waals surface area contributed by atoms with Gasteiger partial charge in [0, 0.05) is 23.5 Å². The van der Waals surface area contributed by atoms with E-state index in [1.807, 2.05) is 16.9 Å². The number of halogens is 1. The van der Waals surface area contributed by atoms with Crippen LogP contribution in [0.4, 0.5) is 5.69 Å². The largest absolute Gasteiger partial charge is 0.394 e. The molecule has 0 spiro atoms. The van der Waals surface area contributed by atoms with Gasteiger partial charge in [-0.05, 0) is 22.9 Å². The smallest absolute Gasteiger partial charge is 0.218 e. The predicted octanol–water partition coefficient (Wildman–Crippen LogP) is 2.01. The maximum atomic E-state index is 11.4. The van der Waals surface area contributed by atoms with E-state index < -0.39 is 0 Å². The number of thiazole rings is 1. The van der Waals surface area contributed by atoms with Gasteiger partial charge in [-0.15, -0.1) is 11.3 Å². The van der Waals surface area contributed by atoms with E-state index in [0.29, 0.717) is 11.0 Å². The molecule has 2 aromatic heterocycles. The Bertz CT molecular complexity index is 549. The van der Waals surface area contributed by atoms with Gasteiger partial charge in [-0.25, -0.2) is 4.98 Å². The van der Waals surface area contributed by atoms with Crippen LogP contribution in [-0.4, -0.2) is 9.55 Å². The lowest BCUT2D eigenvalue weighted by Crippen LogP contribution is -2.13. The van der Waals surface area contributed by atoms with Crippen molar-refractivity contribution in [3.63, 3.8) is 0 Å². The lowest BCUT2D eigenvalue weighted by molar-refractivity contribution is 0.778. The molecule has 0 fully saturated rings. The summed E-state index contributed by atoms with van der Waals surface area (Å²) in [6, 6.07) is 0. The number of pyridine rings is 1. The number of aromatic nitrogens is 2. The number of nitrogens with two attached hydrogens (primary N) is 1. The van der Waals surface area contributed by atoms with Gasteiger partial charge in [0.15, 0.2) is 0 Å². The zero-order valence-electron chi connectivity index (χ0n) is 8.61. The normalized spacial score (nSPS) is 10.6. The number of rotatable bonds is 2. The van der Waals surface area contributed by atoms with Gasteiger partial charge in [0.2, 0.25) is 5.43 Å². The number of hydrogen-bond acceptors (Lipinski definition) is 4. The molecule has 2 rings (SSSR count). The predicted molar refractivity (Wildman–Crippen MR) is 68.8 cm³/mol. The van der Waals surface area contributed by atoms with E-state index >= 15 is 0 Å². The van der Waals surface area contributed by atoms with Crippen LogP contribution < -0.4 is 11.2 Å². The highest BCUT2D eigenvalue weighted by Crippen LogP contribution is 2.12. The SMILES string of the molecule is Cc1csc(Cn2cc(N)c(=O)c(Br)c2)n1. The zero-order chi connectivity index (χ0) is 11.7. The molecule has 0 unspecified atom stereocenters. The van der Waals surface area contributed by atoms with E-state index in [1.54, 1.807) is 23.7 Å². The van der Waals surface area contributed by atoms with E-state index in [0.717, 1.165) is 10.7 Å². The molecular formula is C10H10BrN3OS. The molecule has 2 aromatic rings. The molecular weight excluding hydrogens is 290 g/mol. The molecule has 0 aliphatic heterocycles. The summed E-state index contributed by atoms with van der Waals surface area (Å²) in [6.45, 7) is 2.58. The Labute approximate surface area is 105 Å². The maximum Gasteiger partial charge on any atom is 0.218 e. The van der Waals surface area contributed by atoms with E-state index in [1.165, 1.54) is 0 Å². The van der Waals surface area contributed by atoms with Crippen molar-refractivity contribution in [1.29, 1.82) is 0 Å². The van der Waals surface area contributed by atoms with Crippen LogP contribution in [0.25, 0.3) is 0 Å². The Morgan fingerprint density at radius 1 is 1.56 bits per heavy atom. The summed E-state index contributed by atoms with van der Waals surface area (Å²) in [4.78, 5) is 15.7. The van der Waals surface area contributed by atoms with Crippen molar-refractivity contribution in [3.8, 4) is 0 Å². The zero-order valence-corrected chi connectivity index (χ0v) is 11.0. The van der Waals surface area contributed by atoms with E-state index in [-0.39, 0.29) is 11.1 Å². The van der Waals surface area contributed by atoms with Crippen molar-refractivity contribution < 1.29 is 0 Å². The Balaban J connectivity index is 2.32. The van der Waals surface area contributed by atoms with Crippen molar-refractivity contribution in [2.45, 2.75) is 13.5 Å². The third kappa shape index (κ3) is 2.33. The van der Waals surface area contributed by atoms with Gasteiger partial charge >= 0.3 is 0 Å². The van der Waals surface area contributed by atoms with Crippen LogP contribution in [0.2, 0.25) is 0 Å². The van der Waals surface area contributed by atoms with Crippen molar-refractivity contribution in [2.75, 3.05) is 5.73 Å². The average molecular weight is 300 g/mol. The summed E-state index contributed by atoms with van der Waals surface area (Å²) in [7, 11) is 0. The van der Waals surface area contributed by atoms with Gasteiger partial charge in [-0.2, -0.15) is 0 Å². The number of aryl methyl sites for hydroxylation is 1. The number of hydrogen-bond donors (Lipinski definition) is 1. The third-order valence-electron chi connectivity index (χ3n) is 2.05. The quantitative estimate of drug-likeness (QED) is 0.923. The fourth-order valence-electron chi connectivity index (χ4n) is 1.34. The van der Waals surface area contributed by atoms with Crippen LogP contribution in [0.5, 0.6) is 0 Å². The van der Waals surface area contributed by atoms with Gasteiger partial charge in [-0.1, -0.05) is 0 Å². The highest BCUT2D eigenvalue weighted by molar-refractivity contribution is 9.10. The summed E-state index contributed by atoms with van der Waals surface area (Å²) in [5.41, 5.74) is 6.67. The third-order valence-corrected chi connectivity index (χ3v) is 3.56. The molecule has 0 amide bonds. The molecule has 0 aliphatic carbocycles. The van der Waals surface area contributed by atoms with Crippen LogP contribution in [0.3, 0.4) is 0 Å². The number of anilines is 1. The van der Waals surface area contributed by atoms with Gasteiger partial charge in [0.25, 0.3) is 0 Å². The van der Waals surface area contributed by atoms with Crippen LogP contribution in [0.15, 0.2) is 27.0 Å². The standard InChI is InChI=1S/C10H10BrN3OS/c1-6-5-16-9(13-6)4-14-2-7(11)10(15)8(12)3-14/h2-3,5H,4,12H2,1H3. The molecule has 2 heterocycles. The van der Waals surface area contributed by atoms with Gasteiger partial charge in [0.1, 0.15) is 5.01 Å². The van der Waals surface area contributed by atoms with Crippen LogP contribution in [-0.2, 0) is 6.54 Å². The Kier molecular flexibility index (Phi) is 3.11. The van der Waals surface area contributed by atoms with Crippen molar-refractivity contribution in [1.82, 2.24) is 9.55 Å². The highest BCUT2D eigenvalue weighted by atomic mass is 79.9. The minimum atomic E-state index is -0.174. The first kappa shape index (κ1) is 11.3. The Hall–Kier alpha value is -1.14. The van der Waals surface area contributed by atoms with E-state index in [9.17, 15) is 4.79 Å². The topological polar surface area (TPSA) is 60.9 Å². The molecule has 0 atom stereocenters. The monoisotopic (exact) mass is 299 g/mol. The van der Waals surface area contributed by atoms with E-state index in [2.05, 4.69) is 20.9 Å². The molecule has 0 radical (unpaired) electrons. The summed E-state index contributed by atoms with van der Waals surface area (Å²) in [5, 5.41) is 2.99. The summed E-state index contributed by atoms with van der Waals surface area (Å²) in [6.07, 6.45) is 3.35. The lowest BCUT2D eigenvalue weighted by atomic mass is 10.4. The second kappa shape index (κ2) is 4.39. The van der Waals surface area contributed by atoms with Crippen molar-refractivity contribution in [3.05, 3.63) is 43.2 Å². The van der Waals surface area contributed by atoms with Crippen molar-refractivity contribution in [2.24, 2.45) is 0 Å². The maximum absolute atomic E-state index is 11.4. The molecule has 16 heavy (non-hydrogen) atoms. The molecule has 0 bridgehead atoms. The lowest BCUT2D eigenvalue weighted by Gasteiger charge is -2.05. The minimum absolute atomic E-state index is 0.174. The molecule has 2 N–H and O–H groups in total. The summed E-state index contributed by atoms with van der Waals surface area (Å²) in [5.74, 6) is 0. The average Bonchev–Trinajstić information content (AvgIpc) is 2.60. The second-order valence-corrected chi connectivity index (χ2v) is 5.24. The molecule has 84 valence electrons. The van der Waals surface area contributed by atoms with Crippen LogP contribution in [0.1, 0.15) is 10.7 Å². The molecule has 6 heteroatoms. The molecule has 0 aromatic carbocycles. The highest BCUT2D eigenvalue weighted by Gasteiger charge is 2.04. The molecule has 0 saturated carbocycles. The summed E-state index contributed by atoms with van der Waals surface area (Å²) < 4.78 is 2.32. The fraction of sp³-hybridized carbons (Fsp3) is 0.200. The van der Waals surface area contributed by atoms with Gasteiger partial charge in [-0.3, -0.25) is 4.79 Å². The summed E-state index contributed by atoms with van der Waals surface area (Å²) >= 11 is 4.78. The first-order valence-electron chi connectivity index (χ1n) is 4.62. The van der Waals surface area contributed by atoms with Gasteiger partial charge < -0.3 is 10.3 Å². The first-order chi connectivity index (χ1) is 7.56. The Morgan fingerprint density at radius 3 is 2.88 bits per heavy atom. The number of nitrogens with zero attached hydrogens (tertiary/aromatic N) is 2. The van der Waals surface area contributed by atoms with Crippen LogP contribution >= 0.6 is 27.3 Å². The fourth-order valence-corrected chi connectivity index (χ4v) is 2.61. The molecule has 4 nitrogen and oxygen atoms in total. The molecule has 0 aliphatic rings. The molecule has 0 saturated heterocycles. The Morgan fingerprint density at radius 2 is 2.31 bits per heavy atom. The first-order valence-corrected chi connectivity index (χ1v) is 6.29. The van der Waals surface area contributed by atoms with Crippen molar-refractivity contribution >= 4 is 33.0 Å². The van der Waals surface area contributed by atoms with E-state index in [4.69, 9.17) is 5.73 Å². The minimum Gasteiger partial charge on any atom is -0.394 e.